The molecule has 32 heavy (non-hydrogen) atoms. The Bertz CT molecular complexity index is 1060. The van der Waals surface area contributed by atoms with Crippen molar-refractivity contribution in [3.63, 3.8) is 0 Å². The van der Waals surface area contributed by atoms with Crippen LogP contribution in [0, 0.1) is 0 Å². The molecule has 2 aromatic heterocycles. The lowest BCUT2D eigenvalue weighted by molar-refractivity contribution is -0.144. The van der Waals surface area contributed by atoms with E-state index in [2.05, 4.69) is 20.4 Å². The number of hydrogen-bond acceptors (Lipinski definition) is 6. The lowest BCUT2D eigenvalue weighted by atomic mass is 10.1. The number of halogens is 3. The van der Waals surface area contributed by atoms with E-state index in [9.17, 15) is 18.0 Å². The maximum absolute atomic E-state index is 12.9. The number of nitrogens with one attached hydrogen (secondary N) is 1. The summed E-state index contributed by atoms with van der Waals surface area (Å²) in [6, 6.07) is 8.59. The highest BCUT2D eigenvalue weighted by Gasteiger charge is 2.36. The Balaban J connectivity index is 1.33. The fourth-order valence-corrected chi connectivity index (χ4v) is 3.40. The van der Waals surface area contributed by atoms with E-state index in [0.717, 1.165) is 35.9 Å². The van der Waals surface area contributed by atoms with Crippen molar-refractivity contribution < 1.29 is 27.4 Å². The topological polar surface area (TPSA) is 90.6 Å². The van der Waals surface area contributed by atoms with Crippen molar-refractivity contribution >= 4 is 11.7 Å². The van der Waals surface area contributed by atoms with Crippen LogP contribution < -0.4 is 5.32 Å². The van der Waals surface area contributed by atoms with Crippen molar-refractivity contribution in [3.8, 4) is 11.3 Å². The summed E-state index contributed by atoms with van der Waals surface area (Å²) in [7, 11) is 0. The van der Waals surface area contributed by atoms with E-state index in [1.807, 2.05) is 0 Å². The number of fused-ring (bicyclic) bond motifs is 1. The lowest BCUT2D eigenvalue weighted by Crippen LogP contribution is -2.30. The Morgan fingerprint density at radius 3 is 2.75 bits per heavy atom. The number of carbonyl (C=O) groups is 1. The summed E-state index contributed by atoms with van der Waals surface area (Å²) in [4.78, 5) is 19.3. The third-order valence-corrected chi connectivity index (χ3v) is 5.04. The van der Waals surface area contributed by atoms with Crippen LogP contribution in [0.1, 0.15) is 30.7 Å². The minimum atomic E-state index is -4.65. The summed E-state index contributed by atoms with van der Waals surface area (Å²) in [6.07, 6.45) is -0.0895. The normalized spacial score (nSPS) is 16.9. The number of ether oxygens (including phenoxy) is 2. The second kappa shape index (κ2) is 9.61. The van der Waals surface area contributed by atoms with Gasteiger partial charge in [-0.25, -0.2) is 4.98 Å². The van der Waals surface area contributed by atoms with Crippen LogP contribution in [0.2, 0.25) is 0 Å². The van der Waals surface area contributed by atoms with Gasteiger partial charge < -0.3 is 14.8 Å². The van der Waals surface area contributed by atoms with Crippen molar-refractivity contribution in [1.29, 1.82) is 0 Å². The Morgan fingerprint density at radius 1 is 1.22 bits per heavy atom. The fourth-order valence-electron chi connectivity index (χ4n) is 3.40. The molecule has 0 bridgehead atoms. The Labute approximate surface area is 181 Å². The average Bonchev–Trinajstić information content (AvgIpc) is 3.24. The van der Waals surface area contributed by atoms with Crippen LogP contribution in [0.3, 0.4) is 0 Å². The molecule has 1 aliphatic heterocycles. The predicted octanol–water partition coefficient (Wildman–Crippen LogP) is 3.01. The molecular weight excluding hydrogens is 427 g/mol. The van der Waals surface area contributed by atoms with Gasteiger partial charge in [0.25, 0.3) is 11.6 Å². The molecule has 0 unspecified atom stereocenters. The van der Waals surface area contributed by atoms with Crippen LogP contribution in [0.4, 0.5) is 13.2 Å². The van der Waals surface area contributed by atoms with Crippen molar-refractivity contribution in [2.45, 2.75) is 38.1 Å². The van der Waals surface area contributed by atoms with Crippen molar-refractivity contribution in [2.75, 3.05) is 19.8 Å². The van der Waals surface area contributed by atoms with Crippen molar-refractivity contribution in [1.82, 2.24) is 24.9 Å². The highest BCUT2D eigenvalue weighted by Crippen LogP contribution is 2.28. The molecule has 0 saturated carbocycles. The molecule has 1 aliphatic rings. The molecule has 170 valence electrons. The van der Waals surface area contributed by atoms with Gasteiger partial charge in [-0.1, -0.05) is 24.3 Å². The quantitative estimate of drug-likeness (QED) is 0.597. The first-order valence-corrected chi connectivity index (χ1v) is 10.2. The Morgan fingerprint density at radius 2 is 2.03 bits per heavy atom. The number of nitrogens with zero attached hydrogens (tertiary/aromatic N) is 4. The minimum Gasteiger partial charge on any atom is -0.376 e. The zero-order valence-corrected chi connectivity index (χ0v) is 17.1. The fraction of sp³-hybridized carbons (Fsp3) is 0.429. The van der Waals surface area contributed by atoms with Crippen LogP contribution in [0.5, 0.6) is 0 Å². The smallest absolute Gasteiger partial charge is 0.376 e. The van der Waals surface area contributed by atoms with E-state index in [1.165, 1.54) is 6.20 Å². The third-order valence-electron chi connectivity index (χ3n) is 5.04. The molecule has 0 spiro atoms. The van der Waals surface area contributed by atoms with Gasteiger partial charge in [0, 0.05) is 24.9 Å². The Hall–Kier alpha value is -3.05. The van der Waals surface area contributed by atoms with Gasteiger partial charge >= 0.3 is 6.18 Å². The number of rotatable bonds is 7. The van der Waals surface area contributed by atoms with Gasteiger partial charge in [-0.3, -0.25) is 4.79 Å². The molecule has 8 nitrogen and oxygen atoms in total. The predicted molar refractivity (Wildman–Crippen MR) is 107 cm³/mol. The van der Waals surface area contributed by atoms with Crippen LogP contribution in [-0.4, -0.2) is 51.4 Å². The number of carbonyl (C=O) groups excluding carboxylic acids is 1. The van der Waals surface area contributed by atoms with E-state index in [4.69, 9.17) is 9.47 Å². The van der Waals surface area contributed by atoms with Crippen LogP contribution in [-0.2, 0) is 27.0 Å². The zero-order chi connectivity index (χ0) is 22.6. The number of alkyl halides is 3. The van der Waals surface area contributed by atoms with E-state index < -0.39 is 12.0 Å². The third kappa shape index (κ3) is 5.40. The monoisotopic (exact) mass is 449 g/mol. The molecular formula is C21H22F3N5O3. The summed E-state index contributed by atoms with van der Waals surface area (Å²) >= 11 is 0. The number of aromatic nitrogens is 4. The van der Waals surface area contributed by atoms with E-state index in [1.54, 1.807) is 30.3 Å². The van der Waals surface area contributed by atoms with Crippen LogP contribution >= 0.6 is 0 Å². The van der Waals surface area contributed by atoms with Crippen molar-refractivity contribution in [2.24, 2.45) is 0 Å². The van der Waals surface area contributed by atoms with Gasteiger partial charge in [-0.2, -0.15) is 22.7 Å². The molecule has 1 saturated heterocycles. The summed E-state index contributed by atoms with van der Waals surface area (Å²) in [5.41, 5.74) is 1.89. The van der Waals surface area contributed by atoms with Crippen LogP contribution in [0.15, 0.2) is 36.5 Å². The minimum absolute atomic E-state index is 0.0409. The molecule has 3 aromatic rings. The van der Waals surface area contributed by atoms with Gasteiger partial charge in [0.15, 0.2) is 0 Å². The molecule has 11 heteroatoms. The molecule has 4 rings (SSSR count). The zero-order valence-electron chi connectivity index (χ0n) is 17.1. The average molecular weight is 449 g/mol. The lowest BCUT2D eigenvalue weighted by Gasteiger charge is -2.22. The first kappa shape index (κ1) is 22.2. The van der Waals surface area contributed by atoms with Gasteiger partial charge in [-0.15, -0.1) is 5.10 Å². The van der Waals surface area contributed by atoms with Gasteiger partial charge in [0.2, 0.25) is 5.91 Å². The number of hydrogen-bond donors (Lipinski definition) is 1. The van der Waals surface area contributed by atoms with Crippen molar-refractivity contribution in [3.05, 3.63) is 47.9 Å². The second-order valence-corrected chi connectivity index (χ2v) is 7.45. The van der Waals surface area contributed by atoms with Crippen LogP contribution in [0.25, 0.3) is 17.0 Å². The summed E-state index contributed by atoms with van der Waals surface area (Å²) in [5, 5.41) is 6.32. The van der Waals surface area contributed by atoms with E-state index in [0.29, 0.717) is 24.4 Å². The second-order valence-electron chi connectivity index (χ2n) is 7.45. The summed E-state index contributed by atoms with van der Waals surface area (Å²) in [5.74, 6) is -1.61. The Kier molecular flexibility index (Phi) is 6.66. The molecule has 0 aliphatic carbocycles. The molecule has 1 amide bonds. The first-order valence-electron chi connectivity index (χ1n) is 10.2. The molecule has 1 N–H and O–H groups in total. The van der Waals surface area contributed by atoms with Gasteiger partial charge in [-0.05, 0) is 30.9 Å². The largest absolute Gasteiger partial charge is 0.453 e. The number of benzene rings is 1. The summed E-state index contributed by atoms with van der Waals surface area (Å²) < 4.78 is 50.8. The highest BCUT2D eigenvalue weighted by molar-refractivity contribution is 5.77. The molecule has 1 atom stereocenters. The maximum Gasteiger partial charge on any atom is 0.453 e. The first-order chi connectivity index (χ1) is 15.4. The standard InChI is InChI=1S/C21H22F3N5O3/c22-21(23,24)19-27-20-25-9-8-17(29(20)28-19)15-6-4-14(5-7-15)11-26-18(30)13-31-12-16-3-1-2-10-32-16/h4-9,16H,1-3,10-13H2,(H,26,30)/t16-/m1/s1. The molecule has 0 radical (unpaired) electrons. The number of amides is 1. The maximum atomic E-state index is 12.9. The molecule has 1 fully saturated rings. The summed E-state index contributed by atoms with van der Waals surface area (Å²) in [6.45, 7) is 1.40. The SMILES string of the molecule is O=C(COC[C@H]1CCCCO1)NCc1ccc(-c2ccnc3nc(C(F)(F)F)nn23)cc1. The van der Waals surface area contributed by atoms with Gasteiger partial charge in [0.1, 0.15) is 6.61 Å². The van der Waals surface area contributed by atoms with E-state index in [-0.39, 0.29) is 24.4 Å². The highest BCUT2D eigenvalue weighted by atomic mass is 19.4. The molecule has 3 heterocycles. The van der Waals surface area contributed by atoms with Gasteiger partial charge in [0.05, 0.1) is 18.4 Å². The van der Waals surface area contributed by atoms with E-state index >= 15 is 0 Å². The molecule has 1 aromatic carbocycles.